The van der Waals surface area contributed by atoms with Crippen molar-refractivity contribution in [1.29, 1.82) is 0 Å². The average molecular weight is 249 g/mol. The molecule has 18 heavy (non-hydrogen) atoms. The topological polar surface area (TPSA) is 86.6 Å². The number of carbonyl (C=O) groups is 2. The van der Waals surface area contributed by atoms with Crippen molar-refractivity contribution in [3.05, 3.63) is 29.3 Å². The molecule has 1 aliphatic carbocycles. The Bertz CT molecular complexity index is 494. The molecule has 1 unspecified atom stereocenters. The second-order valence-electron chi connectivity index (χ2n) is 4.58. The summed E-state index contributed by atoms with van der Waals surface area (Å²) in [5, 5.41) is 21.1. The highest BCUT2D eigenvalue weighted by Crippen LogP contribution is 2.33. The molecule has 0 heterocycles. The van der Waals surface area contributed by atoms with Crippen LogP contribution in [0.2, 0.25) is 0 Å². The molecule has 1 atom stereocenters. The summed E-state index contributed by atoms with van der Waals surface area (Å²) in [4.78, 5) is 23.0. The summed E-state index contributed by atoms with van der Waals surface area (Å²) < 4.78 is 0. The molecule has 1 aromatic rings. The Labute approximate surface area is 104 Å². The van der Waals surface area contributed by atoms with E-state index in [1.165, 1.54) is 6.07 Å². The van der Waals surface area contributed by atoms with Gasteiger partial charge in [-0.3, -0.25) is 4.79 Å². The fraction of sp³-hybridized carbons (Fsp3) is 0.385. The first kappa shape index (κ1) is 12.4. The summed E-state index contributed by atoms with van der Waals surface area (Å²) in [5.41, 5.74) is 0.761. The molecule has 0 spiro atoms. The zero-order valence-corrected chi connectivity index (χ0v) is 10.0. The zero-order valence-electron chi connectivity index (χ0n) is 10.0. The Morgan fingerprint density at radius 2 is 2.06 bits per heavy atom. The third kappa shape index (κ3) is 2.45. The van der Waals surface area contributed by atoms with E-state index in [0.717, 1.165) is 12.8 Å². The van der Waals surface area contributed by atoms with Crippen molar-refractivity contribution in [2.45, 2.75) is 25.8 Å². The van der Waals surface area contributed by atoms with Crippen LogP contribution < -0.4 is 5.32 Å². The third-order valence-electron chi connectivity index (χ3n) is 3.20. The molecular weight excluding hydrogens is 234 g/mol. The van der Waals surface area contributed by atoms with Crippen LogP contribution in [0.25, 0.3) is 0 Å². The summed E-state index contributed by atoms with van der Waals surface area (Å²) in [6, 6.07) is 3.78. The minimum absolute atomic E-state index is 0.0287. The van der Waals surface area contributed by atoms with E-state index in [0.29, 0.717) is 11.1 Å². The predicted octanol–water partition coefficient (Wildman–Crippen LogP) is 1.29. The molecule has 0 saturated heterocycles. The Kier molecular flexibility index (Phi) is 3.23. The zero-order chi connectivity index (χ0) is 13.3. The van der Waals surface area contributed by atoms with Gasteiger partial charge in [0.25, 0.3) is 5.91 Å². The molecule has 5 nitrogen and oxygen atoms in total. The minimum atomic E-state index is -1.01. The number of amides is 1. The average Bonchev–Trinajstić information content (AvgIpc) is 3.13. The van der Waals surface area contributed by atoms with Crippen LogP contribution in [0.4, 0.5) is 0 Å². The first-order valence-corrected chi connectivity index (χ1v) is 5.83. The predicted molar refractivity (Wildman–Crippen MR) is 64.5 cm³/mol. The summed E-state index contributed by atoms with van der Waals surface area (Å²) in [6.45, 7) is 1.62. The van der Waals surface area contributed by atoms with E-state index in [1.807, 2.05) is 0 Å². The number of phenolic OH excluding ortho intramolecular Hbond substituents is 1. The van der Waals surface area contributed by atoms with Crippen LogP contribution in [0.15, 0.2) is 18.2 Å². The number of rotatable bonds is 4. The number of benzene rings is 1. The number of aliphatic carboxylic acids is 1. The number of carboxylic acids is 1. The van der Waals surface area contributed by atoms with Gasteiger partial charge in [0, 0.05) is 11.1 Å². The van der Waals surface area contributed by atoms with Crippen LogP contribution in [-0.4, -0.2) is 28.1 Å². The molecule has 0 radical (unpaired) electrons. The van der Waals surface area contributed by atoms with Crippen LogP contribution in [0, 0.1) is 12.8 Å². The third-order valence-corrected chi connectivity index (χ3v) is 3.20. The van der Waals surface area contributed by atoms with Crippen molar-refractivity contribution < 1.29 is 19.8 Å². The van der Waals surface area contributed by atoms with E-state index in [9.17, 15) is 14.7 Å². The molecule has 1 saturated carbocycles. The molecule has 1 fully saturated rings. The maximum atomic E-state index is 12.0. The lowest BCUT2D eigenvalue weighted by Gasteiger charge is -2.14. The van der Waals surface area contributed by atoms with Gasteiger partial charge in [0.15, 0.2) is 0 Å². The van der Waals surface area contributed by atoms with E-state index in [1.54, 1.807) is 19.1 Å². The number of hydrogen-bond acceptors (Lipinski definition) is 3. The quantitative estimate of drug-likeness (QED) is 0.750. The van der Waals surface area contributed by atoms with Crippen LogP contribution in [0.3, 0.4) is 0 Å². The normalized spacial score (nSPS) is 16.1. The summed E-state index contributed by atoms with van der Waals surface area (Å²) in [7, 11) is 0. The number of hydrogen-bond donors (Lipinski definition) is 3. The van der Waals surface area contributed by atoms with Crippen LogP contribution in [0.1, 0.15) is 28.8 Å². The van der Waals surface area contributed by atoms with Crippen molar-refractivity contribution in [2.24, 2.45) is 5.92 Å². The lowest BCUT2D eigenvalue weighted by molar-refractivity contribution is -0.139. The van der Waals surface area contributed by atoms with Gasteiger partial charge in [-0.2, -0.15) is 0 Å². The maximum absolute atomic E-state index is 12.0. The van der Waals surface area contributed by atoms with Gasteiger partial charge in [0.1, 0.15) is 11.8 Å². The fourth-order valence-corrected chi connectivity index (χ4v) is 1.90. The van der Waals surface area contributed by atoms with Crippen LogP contribution in [0.5, 0.6) is 5.75 Å². The number of carbonyl (C=O) groups excluding carboxylic acids is 1. The van der Waals surface area contributed by atoms with E-state index < -0.39 is 17.9 Å². The molecule has 3 N–H and O–H groups in total. The highest BCUT2D eigenvalue weighted by atomic mass is 16.4. The second-order valence-corrected chi connectivity index (χ2v) is 4.58. The Morgan fingerprint density at radius 3 is 2.61 bits per heavy atom. The standard InChI is InChI=1S/C13H15NO4/c1-7-9(3-2-4-10(7)15)12(16)14-11(13(17)18)8-5-6-8/h2-4,8,11,15H,5-6H2,1H3,(H,14,16)(H,17,18). The Hall–Kier alpha value is -2.04. The lowest BCUT2D eigenvalue weighted by atomic mass is 10.1. The molecular formula is C13H15NO4. The molecule has 2 rings (SSSR count). The smallest absolute Gasteiger partial charge is 0.326 e. The van der Waals surface area contributed by atoms with E-state index in [2.05, 4.69) is 5.32 Å². The van der Waals surface area contributed by atoms with Gasteiger partial charge in [-0.25, -0.2) is 4.79 Å². The van der Waals surface area contributed by atoms with E-state index in [4.69, 9.17) is 5.11 Å². The Balaban J connectivity index is 2.16. The van der Waals surface area contributed by atoms with Crippen molar-refractivity contribution >= 4 is 11.9 Å². The van der Waals surface area contributed by atoms with Gasteiger partial charge in [-0.1, -0.05) is 6.07 Å². The van der Waals surface area contributed by atoms with Crippen molar-refractivity contribution in [2.75, 3.05) is 0 Å². The number of aromatic hydroxyl groups is 1. The summed E-state index contributed by atoms with van der Waals surface area (Å²) in [6.07, 6.45) is 1.66. The molecule has 0 aliphatic heterocycles. The molecule has 0 bridgehead atoms. The van der Waals surface area contributed by atoms with Gasteiger partial charge < -0.3 is 15.5 Å². The molecule has 1 aromatic carbocycles. The van der Waals surface area contributed by atoms with Gasteiger partial charge in [-0.05, 0) is 37.8 Å². The fourth-order valence-electron chi connectivity index (χ4n) is 1.90. The van der Waals surface area contributed by atoms with Crippen molar-refractivity contribution in [1.82, 2.24) is 5.32 Å². The monoisotopic (exact) mass is 249 g/mol. The van der Waals surface area contributed by atoms with Crippen molar-refractivity contribution in [3.63, 3.8) is 0 Å². The number of carboxylic acid groups (broad SMARTS) is 1. The number of phenols is 1. The highest BCUT2D eigenvalue weighted by molar-refractivity contribution is 5.98. The van der Waals surface area contributed by atoms with Gasteiger partial charge in [0.2, 0.25) is 0 Å². The molecule has 1 aliphatic rings. The minimum Gasteiger partial charge on any atom is -0.508 e. The highest BCUT2D eigenvalue weighted by Gasteiger charge is 2.37. The SMILES string of the molecule is Cc1c(O)cccc1C(=O)NC(C(=O)O)C1CC1. The lowest BCUT2D eigenvalue weighted by Crippen LogP contribution is -2.42. The number of nitrogens with one attached hydrogen (secondary N) is 1. The van der Waals surface area contributed by atoms with E-state index >= 15 is 0 Å². The molecule has 5 heteroatoms. The van der Waals surface area contributed by atoms with E-state index in [-0.39, 0.29) is 11.7 Å². The summed E-state index contributed by atoms with van der Waals surface area (Å²) >= 11 is 0. The molecule has 0 aromatic heterocycles. The summed E-state index contributed by atoms with van der Waals surface area (Å²) in [5.74, 6) is -1.41. The maximum Gasteiger partial charge on any atom is 0.326 e. The van der Waals surface area contributed by atoms with Gasteiger partial charge >= 0.3 is 5.97 Å². The largest absolute Gasteiger partial charge is 0.508 e. The van der Waals surface area contributed by atoms with Crippen molar-refractivity contribution in [3.8, 4) is 5.75 Å². The first-order chi connectivity index (χ1) is 8.50. The van der Waals surface area contributed by atoms with Gasteiger partial charge in [0.05, 0.1) is 0 Å². The molecule has 96 valence electrons. The van der Waals surface area contributed by atoms with Crippen LogP contribution >= 0.6 is 0 Å². The van der Waals surface area contributed by atoms with Gasteiger partial charge in [-0.15, -0.1) is 0 Å². The van der Waals surface area contributed by atoms with Crippen LogP contribution in [-0.2, 0) is 4.79 Å². The Morgan fingerprint density at radius 1 is 1.39 bits per heavy atom. The first-order valence-electron chi connectivity index (χ1n) is 5.83. The second kappa shape index (κ2) is 4.68. The molecule has 1 amide bonds.